The number of aliphatic hydroxyl groups excluding tert-OH is 3. The van der Waals surface area contributed by atoms with Crippen LogP contribution in [0.5, 0.6) is 0 Å². The highest BCUT2D eigenvalue weighted by molar-refractivity contribution is 5.20. The molecule has 6 heteroatoms. The second-order valence-electron chi connectivity index (χ2n) is 13.5. The smallest absolute Gasteiger partial charge is 0.168 e. The highest BCUT2D eigenvalue weighted by atomic mass is 16.6. The number of ether oxygens (including phenoxy) is 1. The fourth-order valence-corrected chi connectivity index (χ4v) is 9.76. The molecule has 1 heterocycles. The molecule has 4 saturated carbocycles. The summed E-state index contributed by atoms with van der Waals surface area (Å²) in [7, 11) is 0. The van der Waals surface area contributed by atoms with Crippen molar-refractivity contribution in [3.05, 3.63) is 0 Å². The summed E-state index contributed by atoms with van der Waals surface area (Å²) in [5.74, 6) is 0.647. The van der Waals surface area contributed by atoms with E-state index in [0.29, 0.717) is 37.0 Å². The molecule has 13 atom stereocenters. The second kappa shape index (κ2) is 7.63. The number of fused-ring (bicyclic) bond motifs is 7. The van der Waals surface area contributed by atoms with Crippen molar-refractivity contribution in [3.63, 3.8) is 0 Å². The normalized spacial score (nSPS) is 60.3. The molecule has 5 aliphatic rings. The minimum absolute atomic E-state index is 0.0330. The first kappa shape index (κ1) is 24.5. The molecular weight excluding hydrogens is 420 g/mol. The van der Waals surface area contributed by atoms with Crippen LogP contribution < -0.4 is 0 Å². The fraction of sp³-hybridized carbons (Fsp3) is 1.00. The average molecular weight is 467 g/mol. The summed E-state index contributed by atoms with van der Waals surface area (Å²) in [5, 5.41) is 55.1. The lowest BCUT2D eigenvalue weighted by Crippen LogP contribution is -2.70. The van der Waals surface area contributed by atoms with Gasteiger partial charge in [0, 0.05) is 24.2 Å². The summed E-state index contributed by atoms with van der Waals surface area (Å²) in [5.41, 5.74) is -1.96. The van der Waals surface area contributed by atoms with Gasteiger partial charge >= 0.3 is 0 Å². The van der Waals surface area contributed by atoms with Gasteiger partial charge < -0.3 is 30.3 Å². The lowest BCUT2D eigenvalue weighted by atomic mass is 9.42. The molecule has 5 N–H and O–H groups in total. The van der Waals surface area contributed by atoms with Crippen LogP contribution >= 0.6 is 0 Å². The Morgan fingerprint density at radius 1 is 0.970 bits per heavy atom. The van der Waals surface area contributed by atoms with Crippen LogP contribution in [0.2, 0.25) is 0 Å². The van der Waals surface area contributed by atoms with Crippen LogP contribution in [-0.4, -0.2) is 61.3 Å². The molecule has 0 aromatic rings. The van der Waals surface area contributed by atoms with E-state index in [1.165, 1.54) is 0 Å². The van der Waals surface area contributed by atoms with Gasteiger partial charge in [-0.05, 0) is 73.5 Å². The molecule has 0 radical (unpaired) electrons. The summed E-state index contributed by atoms with van der Waals surface area (Å²) in [6.45, 7) is 10.9. The van der Waals surface area contributed by atoms with E-state index in [1.54, 1.807) is 0 Å². The Morgan fingerprint density at radius 2 is 1.64 bits per heavy atom. The van der Waals surface area contributed by atoms with Crippen LogP contribution in [-0.2, 0) is 4.74 Å². The molecule has 4 aliphatic carbocycles. The minimum Gasteiger partial charge on any atom is -0.390 e. The van der Waals surface area contributed by atoms with Gasteiger partial charge in [0.1, 0.15) is 0 Å². The van der Waals surface area contributed by atoms with Gasteiger partial charge in [-0.3, -0.25) is 0 Å². The zero-order valence-electron chi connectivity index (χ0n) is 21.1. The van der Waals surface area contributed by atoms with Crippen molar-refractivity contribution >= 4 is 0 Å². The van der Waals surface area contributed by atoms with Crippen molar-refractivity contribution in [2.45, 2.75) is 122 Å². The van der Waals surface area contributed by atoms with Crippen molar-refractivity contribution in [3.8, 4) is 0 Å². The predicted molar refractivity (Wildman–Crippen MR) is 124 cm³/mol. The minimum atomic E-state index is -1.37. The number of hydrogen-bond donors (Lipinski definition) is 5. The summed E-state index contributed by atoms with van der Waals surface area (Å²) in [6, 6.07) is 0. The molecule has 0 spiro atoms. The van der Waals surface area contributed by atoms with Gasteiger partial charge in [0.25, 0.3) is 0 Å². The van der Waals surface area contributed by atoms with Gasteiger partial charge in [0.2, 0.25) is 0 Å². The molecule has 0 aromatic carbocycles. The molecule has 0 amide bonds. The van der Waals surface area contributed by atoms with Crippen LogP contribution in [0, 0.1) is 46.3 Å². The molecule has 1 aliphatic heterocycles. The topological polar surface area (TPSA) is 110 Å². The Balaban J connectivity index is 1.43. The van der Waals surface area contributed by atoms with E-state index in [-0.39, 0.29) is 35.7 Å². The Hall–Kier alpha value is -0.240. The third kappa shape index (κ3) is 3.20. The highest BCUT2D eigenvalue weighted by Crippen LogP contribution is 2.71. The number of hydrogen-bond acceptors (Lipinski definition) is 6. The molecule has 0 aromatic heterocycles. The third-order valence-electron chi connectivity index (χ3n) is 11.7. The zero-order chi connectivity index (χ0) is 24.1. The molecule has 33 heavy (non-hydrogen) atoms. The quantitative estimate of drug-likeness (QED) is 0.438. The first-order chi connectivity index (χ1) is 15.3. The number of aliphatic hydroxyl groups is 5. The molecule has 5 fully saturated rings. The highest BCUT2D eigenvalue weighted by Gasteiger charge is 2.72. The van der Waals surface area contributed by atoms with E-state index in [4.69, 9.17) is 4.74 Å². The van der Waals surface area contributed by atoms with Gasteiger partial charge in [0.15, 0.2) is 5.79 Å². The Kier molecular flexibility index (Phi) is 5.65. The maximum absolute atomic E-state index is 11.6. The molecule has 190 valence electrons. The van der Waals surface area contributed by atoms with E-state index < -0.39 is 35.1 Å². The van der Waals surface area contributed by atoms with Crippen LogP contribution in [0.3, 0.4) is 0 Å². The van der Waals surface area contributed by atoms with Crippen molar-refractivity contribution in [1.29, 1.82) is 0 Å². The van der Waals surface area contributed by atoms with E-state index in [2.05, 4.69) is 27.7 Å². The molecule has 1 saturated heterocycles. The maximum Gasteiger partial charge on any atom is 0.168 e. The molecule has 5 rings (SSSR count). The Morgan fingerprint density at radius 3 is 2.30 bits per heavy atom. The van der Waals surface area contributed by atoms with Crippen LogP contribution in [0.15, 0.2) is 0 Å². The molecule has 0 bridgehead atoms. The van der Waals surface area contributed by atoms with Crippen molar-refractivity contribution in [2.24, 2.45) is 46.3 Å². The van der Waals surface area contributed by atoms with Crippen LogP contribution in [0.1, 0.15) is 86.0 Å². The van der Waals surface area contributed by atoms with E-state index >= 15 is 0 Å². The van der Waals surface area contributed by atoms with E-state index in [1.807, 2.05) is 6.92 Å². The standard InChI is InChI=1S/C27H46O6/c1-14(2)6-9-27(32)15(3)23-21(33-27)11-18-16-10-22(30)26(31)13-20(29)19(28)12-25(26,5)17(16)7-8-24(18,23)4/h14-23,28-32H,6-13H2,1-5H3/t15-,16+,17-,18-,19+,20+,21-,22+,23-,24-,25+,26-,27+/m0/s1. The fourth-order valence-electron chi connectivity index (χ4n) is 9.76. The Labute approximate surface area is 198 Å². The van der Waals surface area contributed by atoms with Gasteiger partial charge in [-0.1, -0.05) is 34.6 Å². The first-order valence-corrected chi connectivity index (χ1v) is 13.4. The monoisotopic (exact) mass is 466 g/mol. The van der Waals surface area contributed by atoms with Crippen LogP contribution in [0.25, 0.3) is 0 Å². The van der Waals surface area contributed by atoms with Crippen molar-refractivity contribution < 1.29 is 30.3 Å². The third-order valence-corrected chi connectivity index (χ3v) is 11.7. The Bertz CT molecular complexity index is 774. The van der Waals surface area contributed by atoms with Gasteiger partial charge in [-0.15, -0.1) is 0 Å². The summed E-state index contributed by atoms with van der Waals surface area (Å²) in [4.78, 5) is 0. The van der Waals surface area contributed by atoms with Gasteiger partial charge in [-0.25, -0.2) is 0 Å². The van der Waals surface area contributed by atoms with Crippen LogP contribution in [0.4, 0.5) is 0 Å². The molecular formula is C27H46O6. The SMILES string of the molecule is CC(C)CC[C@@]1(O)O[C@H]2C[C@H]3[C@@H]4C[C@@H](O)[C@@]5(O)C[C@@H](O)[C@H](O)C[C@]5(C)[C@H]4CC[C@]3(C)[C@H]2[C@@H]1C. The van der Waals surface area contributed by atoms with Crippen molar-refractivity contribution in [2.75, 3.05) is 0 Å². The second-order valence-corrected chi connectivity index (χ2v) is 13.5. The molecule has 6 nitrogen and oxygen atoms in total. The first-order valence-electron chi connectivity index (χ1n) is 13.4. The van der Waals surface area contributed by atoms with Gasteiger partial charge in [-0.2, -0.15) is 0 Å². The van der Waals surface area contributed by atoms with E-state index in [0.717, 1.165) is 25.7 Å². The lowest BCUT2D eigenvalue weighted by molar-refractivity contribution is -0.281. The lowest BCUT2D eigenvalue weighted by Gasteiger charge is -2.65. The summed E-state index contributed by atoms with van der Waals surface area (Å²) >= 11 is 0. The zero-order valence-corrected chi connectivity index (χ0v) is 21.1. The number of rotatable bonds is 3. The largest absolute Gasteiger partial charge is 0.390 e. The predicted octanol–water partition coefficient (Wildman–Crippen LogP) is 2.83. The maximum atomic E-state index is 11.6. The summed E-state index contributed by atoms with van der Waals surface area (Å²) in [6.07, 6.45) is 2.62. The average Bonchev–Trinajstić information content (AvgIpc) is 3.15. The van der Waals surface area contributed by atoms with Gasteiger partial charge in [0.05, 0.1) is 30.0 Å². The summed E-state index contributed by atoms with van der Waals surface area (Å²) < 4.78 is 6.45. The van der Waals surface area contributed by atoms with Crippen molar-refractivity contribution in [1.82, 2.24) is 0 Å². The van der Waals surface area contributed by atoms with E-state index in [9.17, 15) is 25.5 Å². The molecule has 0 unspecified atom stereocenters.